The van der Waals surface area contributed by atoms with Crippen molar-refractivity contribution in [1.82, 2.24) is 5.32 Å². The number of benzene rings is 1. The maximum atomic E-state index is 12.0. The van der Waals surface area contributed by atoms with E-state index in [1.807, 2.05) is 31.3 Å². The lowest BCUT2D eigenvalue weighted by Crippen LogP contribution is -2.31. The van der Waals surface area contributed by atoms with Crippen LogP contribution in [0.25, 0.3) is 0 Å². The van der Waals surface area contributed by atoms with Crippen LogP contribution in [0.4, 0.5) is 0 Å². The Balaban J connectivity index is 2.60. The fourth-order valence-electron chi connectivity index (χ4n) is 1.33. The molecule has 0 aliphatic heterocycles. The molecule has 0 heterocycles. The molecule has 0 radical (unpaired) electrons. The van der Waals surface area contributed by atoms with Crippen LogP contribution in [-0.4, -0.2) is 34.8 Å². The molecule has 16 heavy (non-hydrogen) atoms. The maximum Gasteiger partial charge on any atom is 0.0545 e. The molecular formula is C11H16BrNO2S. The molecule has 0 bridgehead atoms. The average molecular weight is 306 g/mol. The highest BCUT2D eigenvalue weighted by molar-refractivity contribution is 9.10. The van der Waals surface area contributed by atoms with Gasteiger partial charge in [-0.25, -0.2) is 0 Å². The Labute approximate surface area is 107 Å². The summed E-state index contributed by atoms with van der Waals surface area (Å²) in [6, 6.07) is 7.56. The molecule has 3 nitrogen and oxygen atoms in total. The Hall–Kier alpha value is -0.230. The fourth-order valence-corrected chi connectivity index (χ4v) is 2.93. The molecule has 1 aromatic carbocycles. The summed E-state index contributed by atoms with van der Waals surface area (Å²) in [5.41, 5.74) is 0. The molecule has 0 saturated carbocycles. The van der Waals surface area contributed by atoms with Crippen LogP contribution in [0.2, 0.25) is 0 Å². The zero-order chi connectivity index (χ0) is 12.0. The van der Waals surface area contributed by atoms with Gasteiger partial charge in [-0.3, -0.25) is 4.21 Å². The van der Waals surface area contributed by atoms with Gasteiger partial charge in [0.1, 0.15) is 0 Å². The van der Waals surface area contributed by atoms with Crippen LogP contribution in [0.5, 0.6) is 0 Å². The van der Waals surface area contributed by atoms with Gasteiger partial charge in [0, 0.05) is 27.8 Å². The summed E-state index contributed by atoms with van der Waals surface area (Å²) in [6.07, 6.45) is 0.624. The molecule has 0 saturated heterocycles. The predicted molar refractivity (Wildman–Crippen MR) is 70.0 cm³/mol. The van der Waals surface area contributed by atoms with E-state index in [1.54, 1.807) is 0 Å². The van der Waals surface area contributed by atoms with Crippen molar-refractivity contribution in [3.8, 4) is 0 Å². The topological polar surface area (TPSA) is 49.3 Å². The van der Waals surface area contributed by atoms with Crippen LogP contribution < -0.4 is 5.32 Å². The van der Waals surface area contributed by atoms with Crippen LogP contribution in [0, 0.1) is 0 Å². The lowest BCUT2D eigenvalue weighted by molar-refractivity contribution is 0.273. The number of hydrogen-bond acceptors (Lipinski definition) is 3. The summed E-state index contributed by atoms with van der Waals surface area (Å²) >= 11 is 3.34. The molecule has 2 N–H and O–H groups in total. The van der Waals surface area contributed by atoms with Crippen molar-refractivity contribution in [3.05, 3.63) is 28.7 Å². The molecule has 0 fully saturated rings. The predicted octanol–water partition coefficient (Wildman–Crippen LogP) is 1.53. The summed E-state index contributed by atoms with van der Waals surface area (Å²) in [6.45, 7) is 0.114. The Bertz CT molecular complexity index is 342. The first-order chi connectivity index (χ1) is 7.67. The first kappa shape index (κ1) is 13.8. The monoisotopic (exact) mass is 305 g/mol. The van der Waals surface area contributed by atoms with Crippen molar-refractivity contribution in [3.63, 3.8) is 0 Å². The minimum atomic E-state index is -1.02. The minimum absolute atomic E-state index is 0.0921. The molecule has 0 aromatic heterocycles. The smallest absolute Gasteiger partial charge is 0.0545 e. The number of nitrogens with one attached hydrogen (secondary N) is 1. The van der Waals surface area contributed by atoms with Crippen molar-refractivity contribution in [2.24, 2.45) is 0 Å². The Morgan fingerprint density at radius 3 is 2.56 bits per heavy atom. The molecule has 90 valence electrons. The van der Waals surface area contributed by atoms with Gasteiger partial charge in [0.25, 0.3) is 0 Å². The lowest BCUT2D eigenvalue weighted by atomic mass is 10.2. The van der Waals surface area contributed by atoms with Crippen LogP contribution in [0.3, 0.4) is 0 Å². The molecule has 2 unspecified atom stereocenters. The zero-order valence-corrected chi connectivity index (χ0v) is 11.6. The Morgan fingerprint density at radius 1 is 1.44 bits per heavy atom. The van der Waals surface area contributed by atoms with Crippen molar-refractivity contribution in [1.29, 1.82) is 0 Å². The summed E-state index contributed by atoms with van der Waals surface area (Å²) in [4.78, 5) is 0.821. The van der Waals surface area contributed by atoms with Gasteiger partial charge in [0.15, 0.2) is 0 Å². The standard InChI is InChI=1S/C11H16BrNO2S/c1-13-10(6-7-14)8-16(15)11-4-2-9(12)3-5-11/h2-5,10,13-14H,6-8H2,1H3. The molecule has 0 aliphatic rings. The van der Waals surface area contributed by atoms with E-state index < -0.39 is 10.8 Å². The van der Waals surface area contributed by atoms with E-state index in [1.165, 1.54) is 0 Å². The highest BCUT2D eigenvalue weighted by Crippen LogP contribution is 2.14. The highest BCUT2D eigenvalue weighted by atomic mass is 79.9. The van der Waals surface area contributed by atoms with E-state index in [2.05, 4.69) is 21.2 Å². The lowest BCUT2D eigenvalue weighted by Gasteiger charge is -2.14. The average Bonchev–Trinajstić information content (AvgIpc) is 2.29. The van der Waals surface area contributed by atoms with Crippen molar-refractivity contribution < 1.29 is 9.32 Å². The Morgan fingerprint density at radius 2 is 2.06 bits per heavy atom. The second kappa shape index (κ2) is 7.17. The van der Waals surface area contributed by atoms with Crippen LogP contribution in [0.15, 0.2) is 33.6 Å². The Kier molecular flexibility index (Phi) is 6.20. The first-order valence-corrected chi connectivity index (χ1v) is 7.20. The van der Waals surface area contributed by atoms with Gasteiger partial charge < -0.3 is 10.4 Å². The van der Waals surface area contributed by atoms with E-state index in [0.29, 0.717) is 12.2 Å². The third-order valence-corrected chi connectivity index (χ3v) is 4.35. The molecule has 1 rings (SSSR count). The van der Waals surface area contributed by atoms with Gasteiger partial charge in [0.05, 0.1) is 10.8 Å². The molecule has 1 aromatic rings. The van der Waals surface area contributed by atoms with Gasteiger partial charge in [0.2, 0.25) is 0 Å². The second-order valence-corrected chi connectivity index (χ2v) is 5.88. The molecule has 0 spiro atoms. The molecule has 0 amide bonds. The summed E-state index contributed by atoms with van der Waals surface area (Å²) in [5.74, 6) is 0.526. The quantitative estimate of drug-likeness (QED) is 0.838. The van der Waals surface area contributed by atoms with Gasteiger partial charge in [-0.2, -0.15) is 0 Å². The molecular weight excluding hydrogens is 290 g/mol. The summed E-state index contributed by atoms with van der Waals surface area (Å²) < 4.78 is 13.0. The maximum absolute atomic E-state index is 12.0. The van der Waals surface area contributed by atoms with Crippen LogP contribution in [0.1, 0.15) is 6.42 Å². The van der Waals surface area contributed by atoms with E-state index in [-0.39, 0.29) is 12.6 Å². The van der Waals surface area contributed by atoms with Gasteiger partial charge >= 0.3 is 0 Å². The third kappa shape index (κ3) is 4.33. The second-order valence-electron chi connectivity index (χ2n) is 3.46. The van der Waals surface area contributed by atoms with E-state index in [0.717, 1.165) is 9.37 Å². The summed E-state index contributed by atoms with van der Waals surface area (Å²) in [7, 11) is 0.801. The van der Waals surface area contributed by atoms with Crippen molar-refractivity contribution in [2.45, 2.75) is 17.4 Å². The number of aliphatic hydroxyl groups is 1. The van der Waals surface area contributed by atoms with Crippen molar-refractivity contribution in [2.75, 3.05) is 19.4 Å². The fraction of sp³-hybridized carbons (Fsp3) is 0.455. The van der Waals surface area contributed by atoms with E-state index >= 15 is 0 Å². The van der Waals surface area contributed by atoms with Crippen LogP contribution >= 0.6 is 15.9 Å². The SMILES string of the molecule is CNC(CCO)CS(=O)c1ccc(Br)cc1. The molecule has 2 atom stereocenters. The highest BCUT2D eigenvalue weighted by Gasteiger charge is 2.11. The van der Waals surface area contributed by atoms with Crippen LogP contribution in [-0.2, 0) is 10.8 Å². The summed E-state index contributed by atoms with van der Waals surface area (Å²) in [5, 5.41) is 11.9. The number of aliphatic hydroxyl groups excluding tert-OH is 1. The molecule has 5 heteroatoms. The molecule has 0 aliphatic carbocycles. The van der Waals surface area contributed by atoms with Gasteiger partial charge in [-0.05, 0) is 37.7 Å². The van der Waals surface area contributed by atoms with Crippen molar-refractivity contribution >= 4 is 26.7 Å². The number of hydrogen-bond donors (Lipinski definition) is 2. The minimum Gasteiger partial charge on any atom is -0.396 e. The number of rotatable bonds is 6. The third-order valence-electron chi connectivity index (χ3n) is 2.31. The van der Waals surface area contributed by atoms with E-state index in [9.17, 15) is 4.21 Å². The van der Waals surface area contributed by atoms with Gasteiger partial charge in [-0.1, -0.05) is 15.9 Å². The largest absolute Gasteiger partial charge is 0.396 e. The zero-order valence-electron chi connectivity index (χ0n) is 9.15. The van der Waals surface area contributed by atoms with Gasteiger partial charge in [-0.15, -0.1) is 0 Å². The van der Waals surface area contributed by atoms with E-state index in [4.69, 9.17) is 5.11 Å². The number of halogens is 1. The first-order valence-electron chi connectivity index (χ1n) is 5.09. The normalized spacial score (nSPS) is 14.7.